The minimum atomic E-state index is -1.24. The van der Waals surface area contributed by atoms with Gasteiger partial charge < -0.3 is 38.7 Å². The third kappa shape index (κ3) is 4.42. The van der Waals surface area contributed by atoms with Crippen molar-refractivity contribution >= 4 is 18.2 Å². The second-order valence-electron chi connectivity index (χ2n) is 14.1. The summed E-state index contributed by atoms with van der Waals surface area (Å²) >= 11 is 0. The van der Waals surface area contributed by atoms with Crippen molar-refractivity contribution in [1.29, 1.82) is 0 Å². The first-order valence-corrected chi connectivity index (χ1v) is 15.7. The Morgan fingerprint density at radius 1 is 1.10 bits per heavy atom. The third-order valence-corrected chi connectivity index (χ3v) is 12.4. The van der Waals surface area contributed by atoms with Gasteiger partial charge in [0.1, 0.15) is 19.0 Å². The zero-order chi connectivity index (χ0) is 30.1. The Balaban J connectivity index is 1.18. The Kier molecular flexibility index (Phi) is 7.65. The molecular formula is C32H46O10. The number of methoxy groups -OCH3 is 1. The number of hydrogen-bond acceptors (Lipinski definition) is 10. The second-order valence-corrected chi connectivity index (χ2v) is 14.1. The van der Waals surface area contributed by atoms with Gasteiger partial charge in [0, 0.05) is 38.4 Å². The van der Waals surface area contributed by atoms with Crippen LogP contribution in [-0.2, 0) is 38.1 Å². The minimum Gasteiger partial charge on any atom is -0.458 e. The highest BCUT2D eigenvalue weighted by Crippen LogP contribution is 2.70. The van der Waals surface area contributed by atoms with Crippen LogP contribution in [0.4, 0.5) is 0 Å². The second kappa shape index (κ2) is 10.6. The summed E-state index contributed by atoms with van der Waals surface area (Å²) in [5.74, 6) is -0.871. The fourth-order valence-corrected chi connectivity index (χ4v) is 10.3. The predicted molar refractivity (Wildman–Crippen MR) is 148 cm³/mol. The fraction of sp³-hybridized carbons (Fsp3) is 0.844. The van der Waals surface area contributed by atoms with Crippen molar-refractivity contribution < 1.29 is 48.3 Å². The monoisotopic (exact) mass is 590 g/mol. The molecule has 0 radical (unpaired) electrons. The van der Waals surface area contributed by atoms with Gasteiger partial charge in [0.05, 0.1) is 28.8 Å². The lowest BCUT2D eigenvalue weighted by molar-refractivity contribution is -0.289. The van der Waals surface area contributed by atoms with Crippen molar-refractivity contribution in [3.63, 3.8) is 0 Å². The molecule has 10 heteroatoms. The lowest BCUT2D eigenvalue weighted by atomic mass is 9.41. The Labute approximate surface area is 247 Å². The first-order chi connectivity index (χ1) is 19.9. The Bertz CT molecular complexity index is 1140. The topological polar surface area (TPSA) is 138 Å². The molecule has 10 nitrogen and oxygen atoms in total. The molecule has 5 fully saturated rings. The summed E-state index contributed by atoms with van der Waals surface area (Å²) in [6, 6.07) is 0. The molecule has 42 heavy (non-hydrogen) atoms. The summed E-state index contributed by atoms with van der Waals surface area (Å²) in [6.45, 7) is 5.63. The van der Waals surface area contributed by atoms with Gasteiger partial charge in [0.15, 0.2) is 12.4 Å². The molecule has 2 heterocycles. The molecule has 1 saturated heterocycles. The number of fused-ring (bicyclic) bond motifs is 5. The average Bonchev–Trinajstić information content (AvgIpc) is 3.48. The summed E-state index contributed by atoms with van der Waals surface area (Å²) in [5, 5.41) is 24.7. The standard InChI is InChI=1S/C32H46O10/c1-18-28(41-19(2)34)25(38-4)14-27(40-18)42-21-5-10-30(17-33)23-6-9-29(3)22(20-13-26(35)39-16-20)8-12-32(29,37)24(23)7-11-31(30,36)15-21/h13,17-18,21-25,27-28,36-37H,5-12,14-16H2,1-4H3/t18-,21-,22-,23+,24-,25-,27+,28-,29-,30+,31+,32-/m1/s1. The van der Waals surface area contributed by atoms with E-state index in [1.807, 2.05) is 6.92 Å². The quantitative estimate of drug-likeness (QED) is 0.270. The van der Waals surface area contributed by atoms with Crippen LogP contribution in [0.25, 0.3) is 0 Å². The van der Waals surface area contributed by atoms with Gasteiger partial charge in [0.25, 0.3) is 0 Å². The van der Waals surface area contributed by atoms with Crippen molar-refractivity contribution in [3.05, 3.63) is 11.6 Å². The molecule has 0 unspecified atom stereocenters. The van der Waals surface area contributed by atoms with E-state index in [-0.39, 0.29) is 35.9 Å². The van der Waals surface area contributed by atoms with Crippen LogP contribution in [0.15, 0.2) is 11.6 Å². The normalized spacial score (nSPS) is 50.1. The van der Waals surface area contributed by atoms with E-state index in [2.05, 4.69) is 6.92 Å². The molecule has 4 saturated carbocycles. The van der Waals surface area contributed by atoms with E-state index in [4.69, 9.17) is 23.7 Å². The van der Waals surface area contributed by atoms with Crippen molar-refractivity contribution in [2.45, 2.75) is 127 Å². The van der Waals surface area contributed by atoms with Crippen LogP contribution in [0.3, 0.4) is 0 Å². The van der Waals surface area contributed by atoms with Crippen molar-refractivity contribution in [3.8, 4) is 0 Å². The molecule has 0 bridgehead atoms. The highest BCUT2D eigenvalue weighted by atomic mass is 16.7. The zero-order valence-electron chi connectivity index (χ0n) is 25.2. The lowest BCUT2D eigenvalue weighted by Crippen LogP contribution is -2.69. The van der Waals surface area contributed by atoms with E-state index in [9.17, 15) is 24.6 Å². The van der Waals surface area contributed by atoms with Gasteiger partial charge in [0.2, 0.25) is 0 Å². The first-order valence-electron chi connectivity index (χ1n) is 15.7. The summed E-state index contributed by atoms with van der Waals surface area (Å²) in [6.07, 6.45) is 6.06. The maximum Gasteiger partial charge on any atom is 0.331 e. The molecule has 234 valence electrons. The molecular weight excluding hydrogens is 544 g/mol. The van der Waals surface area contributed by atoms with Crippen LogP contribution in [-0.4, -0.2) is 84.1 Å². The number of carbonyl (C=O) groups is 3. The largest absolute Gasteiger partial charge is 0.458 e. The van der Waals surface area contributed by atoms with E-state index in [1.165, 1.54) is 6.92 Å². The van der Waals surface area contributed by atoms with Crippen LogP contribution in [0.1, 0.15) is 85.0 Å². The molecule has 0 aromatic rings. The third-order valence-electron chi connectivity index (χ3n) is 12.4. The number of carbonyl (C=O) groups excluding carboxylic acids is 3. The summed E-state index contributed by atoms with van der Waals surface area (Å²) in [5.41, 5.74) is -2.60. The molecule has 6 aliphatic rings. The van der Waals surface area contributed by atoms with Crippen molar-refractivity contribution in [1.82, 2.24) is 0 Å². The zero-order valence-corrected chi connectivity index (χ0v) is 25.2. The number of cyclic esters (lactones) is 1. The molecule has 2 aliphatic heterocycles. The summed E-state index contributed by atoms with van der Waals surface area (Å²) in [4.78, 5) is 36.5. The Morgan fingerprint density at radius 3 is 2.52 bits per heavy atom. The van der Waals surface area contributed by atoms with Gasteiger partial charge in [-0.15, -0.1) is 0 Å². The fourth-order valence-electron chi connectivity index (χ4n) is 10.3. The van der Waals surface area contributed by atoms with Crippen molar-refractivity contribution in [2.75, 3.05) is 13.7 Å². The Morgan fingerprint density at radius 2 is 1.86 bits per heavy atom. The van der Waals surface area contributed by atoms with Gasteiger partial charge in [-0.1, -0.05) is 6.92 Å². The number of esters is 2. The summed E-state index contributed by atoms with van der Waals surface area (Å²) < 4.78 is 28.7. The van der Waals surface area contributed by atoms with E-state index >= 15 is 0 Å². The molecule has 2 N–H and O–H groups in total. The van der Waals surface area contributed by atoms with Crippen molar-refractivity contribution in [2.24, 2.45) is 28.6 Å². The van der Waals surface area contributed by atoms with Crippen LogP contribution in [0.2, 0.25) is 0 Å². The van der Waals surface area contributed by atoms with E-state index in [1.54, 1.807) is 13.2 Å². The summed E-state index contributed by atoms with van der Waals surface area (Å²) in [7, 11) is 1.57. The van der Waals surface area contributed by atoms with Gasteiger partial charge in [-0.2, -0.15) is 0 Å². The molecule has 0 amide bonds. The molecule has 4 aliphatic carbocycles. The number of aldehydes is 1. The van der Waals surface area contributed by atoms with Crippen LogP contribution < -0.4 is 0 Å². The number of aliphatic hydroxyl groups is 2. The molecule has 12 atom stereocenters. The highest BCUT2D eigenvalue weighted by molar-refractivity contribution is 5.85. The average molecular weight is 591 g/mol. The van der Waals surface area contributed by atoms with E-state index in [0.717, 1.165) is 31.1 Å². The Hall–Kier alpha value is -1.85. The number of ether oxygens (including phenoxy) is 5. The van der Waals surface area contributed by atoms with Gasteiger partial charge in [-0.05, 0) is 81.6 Å². The first kappa shape index (κ1) is 30.2. The van der Waals surface area contributed by atoms with Crippen LogP contribution in [0.5, 0.6) is 0 Å². The van der Waals surface area contributed by atoms with Crippen LogP contribution >= 0.6 is 0 Å². The van der Waals surface area contributed by atoms with Gasteiger partial charge in [-0.25, -0.2) is 4.79 Å². The van der Waals surface area contributed by atoms with E-state index in [0.29, 0.717) is 51.6 Å². The number of rotatable bonds is 6. The maximum atomic E-state index is 13.1. The lowest BCUT2D eigenvalue weighted by Gasteiger charge is -2.65. The SMILES string of the molecule is CO[C@@H]1C[C@H](O[C@@H]2CC[C@]3(C=O)[C@H]4CC[C@]5(C)[C@@H](C6=CC(=O)OC6)CC[C@@]5(O)[C@@H]4CC[C@]3(O)C2)O[C@H](C)[C@H]1OC(C)=O. The minimum absolute atomic E-state index is 0.0706. The molecule has 0 spiro atoms. The molecule has 6 rings (SSSR count). The van der Waals surface area contributed by atoms with Crippen LogP contribution in [0, 0.1) is 28.6 Å². The number of hydrogen-bond donors (Lipinski definition) is 2. The van der Waals surface area contributed by atoms with E-state index < -0.39 is 46.5 Å². The smallest absolute Gasteiger partial charge is 0.331 e. The van der Waals surface area contributed by atoms with Gasteiger partial charge >= 0.3 is 11.9 Å². The molecule has 0 aromatic carbocycles. The predicted octanol–water partition coefficient (Wildman–Crippen LogP) is 3.00. The van der Waals surface area contributed by atoms with Gasteiger partial charge in [-0.3, -0.25) is 4.79 Å². The maximum absolute atomic E-state index is 13.1. The molecule has 0 aromatic heterocycles. The highest BCUT2D eigenvalue weighted by Gasteiger charge is 2.71.